The third kappa shape index (κ3) is 3.46. The maximum absolute atomic E-state index is 6.20. The molecule has 88 valence electrons. The van der Waals surface area contributed by atoms with Crippen molar-refractivity contribution in [3.8, 4) is 0 Å². The van der Waals surface area contributed by atoms with Crippen molar-refractivity contribution in [1.82, 2.24) is 5.32 Å². The lowest BCUT2D eigenvalue weighted by atomic mass is 9.84. The summed E-state index contributed by atoms with van der Waals surface area (Å²) in [5.41, 5.74) is 0.182. The summed E-state index contributed by atoms with van der Waals surface area (Å²) in [4.78, 5) is 0. The van der Waals surface area contributed by atoms with E-state index in [1.165, 1.54) is 51.4 Å². The van der Waals surface area contributed by atoms with Crippen LogP contribution in [-0.4, -0.2) is 25.8 Å². The van der Waals surface area contributed by atoms with Crippen LogP contribution in [-0.2, 0) is 4.74 Å². The van der Waals surface area contributed by atoms with Crippen LogP contribution in [0.25, 0.3) is 0 Å². The minimum atomic E-state index is 0.182. The van der Waals surface area contributed by atoms with Crippen molar-refractivity contribution in [2.24, 2.45) is 5.92 Å². The van der Waals surface area contributed by atoms with Gasteiger partial charge < -0.3 is 10.1 Å². The Balaban J connectivity index is 1.74. The number of hydrogen-bond donors (Lipinski definition) is 1. The lowest BCUT2D eigenvalue weighted by Gasteiger charge is -2.37. The van der Waals surface area contributed by atoms with E-state index in [0.29, 0.717) is 0 Å². The van der Waals surface area contributed by atoms with Gasteiger partial charge in [-0.3, -0.25) is 0 Å². The summed E-state index contributed by atoms with van der Waals surface area (Å²) in [6.45, 7) is 2.03. The Labute approximate surface area is 93.8 Å². The van der Waals surface area contributed by atoms with Gasteiger partial charge in [-0.25, -0.2) is 0 Å². The second-order valence-corrected chi connectivity index (χ2v) is 5.35. The van der Waals surface area contributed by atoms with Crippen molar-refractivity contribution in [2.75, 3.05) is 20.2 Å². The molecule has 0 radical (unpaired) electrons. The smallest absolute Gasteiger partial charge is 0.0806 e. The molecule has 2 fully saturated rings. The minimum Gasteiger partial charge on any atom is -0.374 e. The maximum atomic E-state index is 6.20. The van der Waals surface area contributed by atoms with Gasteiger partial charge in [0.05, 0.1) is 5.60 Å². The van der Waals surface area contributed by atoms with Gasteiger partial charge in [-0.05, 0) is 32.2 Å². The highest BCUT2D eigenvalue weighted by Crippen LogP contribution is 2.35. The molecular formula is C13H25NO. The molecule has 2 aliphatic carbocycles. The second kappa shape index (κ2) is 5.31. The Morgan fingerprint density at radius 2 is 1.93 bits per heavy atom. The normalized spacial score (nSPS) is 25.4. The van der Waals surface area contributed by atoms with Gasteiger partial charge in [-0.1, -0.05) is 32.1 Å². The minimum absolute atomic E-state index is 0.182. The first kappa shape index (κ1) is 11.4. The number of rotatable bonds is 6. The second-order valence-electron chi connectivity index (χ2n) is 5.35. The van der Waals surface area contributed by atoms with Gasteiger partial charge in [0.2, 0.25) is 0 Å². The van der Waals surface area contributed by atoms with Crippen LogP contribution in [0.15, 0.2) is 0 Å². The third-order valence-corrected chi connectivity index (χ3v) is 3.90. The molecule has 0 unspecified atom stereocenters. The Hall–Kier alpha value is -0.0800. The van der Waals surface area contributed by atoms with Gasteiger partial charge in [0, 0.05) is 13.2 Å². The van der Waals surface area contributed by atoms with Crippen molar-refractivity contribution in [3.63, 3.8) is 0 Å². The summed E-state index contributed by atoms with van der Waals surface area (Å²) in [6, 6.07) is 0. The number of nitrogens with one attached hydrogen (secondary N) is 1. The Bertz CT molecular complexity index is 177. The predicted octanol–water partition coefficient (Wildman–Crippen LogP) is 2.73. The first-order valence-electron chi connectivity index (χ1n) is 6.63. The van der Waals surface area contributed by atoms with Crippen molar-refractivity contribution < 1.29 is 4.74 Å². The fraction of sp³-hybridized carbons (Fsp3) is 1.00. The van der Waals surface area contributed by atoms with Gasteiger partial charge in [0.15, 0.2) is 0 Å². The quantitative estimate of drug-likeness (QED) is 0.729. The zero-order valence-corrected chi connectivity index (χ0v) is 10.1. The van der Waals surface area contributed by atoms with Crippen LogP contribution in [0.3, 0.4) is 0 Å². The van der Waals surface area contributed by atoms with Crippen LogP contribution in [0.1, 0.15) is 51.4 Å². The van der Waals surface area contributed by atoms with Crippen molar-refractivity contribution in [1.29, 1.82) is 0 Å². The maximum Gasteiger partial charge on any atom is 0.0806 e. The highest BCUT2D eigenvalue weighted by atomic mass is 16.5. The van der Waals surface area contributed by atoms with Crippen molar-refractivity contribution in [2.45, 2.75) is 57.0 Å². The average Bonchev–Trinajstić information content (AvgIpc) is 3.04. The third-order valence-electron chi connectivity index (χ3n) is 3.90. The molecule has 0 amide bonds. The predicted molar refractivity (Wildman–Crippen MR) is 63.0 cm³/mol. The highest BCUT2D eigenvalue weighted by Gasteiger charge is 2.32. The molecule has 0 atom stereocenters. The average molecular weight is 211 g/mol. The first-order valence-corrected chi connectivity index (χ1v) is 6.63. The number of hydrogen-bond acceptors (Lipinski definition) is 2. The molecule has 0 aromatic rings. The number of likely N-dealkylation sites (N-methyl/N-ethyl adjacent to an activating group) is 1. The zero-order valence-electron chi connectivity index (χ0n) is 10.1. The molecule has 2 heteroatoms. The van der Waals surface area contributed by atoms with Gasteiger partial charge in [0.25, 0.3) is 0 Å². The summed E-state index contributed by atoms with van der Waals surface area (Å²) in [5.74, 6) is 1.00. The van der Waals surface area contributed by atoms with Gasteiger partial charge in [-0.15, -0.1) is 0 Å². The molecule has 0 saturated heterocycles. The summed E-state index contributed by atoms with van der Waals surface area (Å²) in [7, 11) is 2.04. The van der Waals surface area contributed by atoms with Gasteiger partial charge in [0.1, 0.15) is 0 Å². The molecule has 0 aliphatic heterocycles. The van der Waals surface area contributed by atoms with Gasteiger partial charge in [-0.2, -0.15) is 0 Å². The Morgan fingerprint density at radius 3 is 2.53 bits per heavy atom. The summed E-state index contributed by atoms with van der Waals surface area (Å²) in [6.07, 6.45) is 10.8. The van der Waals surface area contributed by atoms with E-state index in [1.54, 1.807) is 0 Å². The summed E-state index contributed by atoms with van der Waals surface area (Å²) >= 11 is 0. The Morgan fingerprint density at radius 1 is 1.20 bits per heavy atom. The van der Waals surface area contributed by atoms with Crippen LogP contribution >= 0.6 is 0 Å². The molecule has 2 aliphatic rings. The molecule has 0 aromatic heterocycles. The molecule has 0 bridgehead atoms. The molecule has 0 heterocycles. The van der Waals surface area contributed by atoms with E-state index in [-0.39, 0.29) is 5.60 Å². The largest absolute Gasteiger partial charge is 0.374 e. The van der Waals surface area contributed by atoms with E-state index in [9.17, 15) is 0 Å². The molecular weight excluding hydrogens is 186 g/mol. The number of ether oxygens (including phenoxy) is 1. The van der Waals surface area contributed by atoms with Crippen LogP contribution in [0.4, 0.5) is 0 Å². The highest BCUT2D eigenvalue weighted by molar-refractivity contribution is 4.86. The molecule has 2 saturated carbocycles. The molecule has 0 spiro atoms. The first-order chi connectivity index (χ1) is 7.35. The molecule has 15 heavy (non-hydrogen) atoms. The van der Waals surface area contributed by atoms with Crippen LogP contribution < -0.4 is 5.32 Å². The van der Waals surface area contributed by atoms with Crippen molar-refractivity contribution in [3.05, 3.63) is 0 Å². The molecule has 1 N–H and O–H groups in total. The topological polar surface area (TPSA) is 21.3 Å². The van der Waals surface area contributed by atoms with Crippen molar-refractivity contribution >= 4 is 0 Å². The Kier molecular flexibility index (Phi) is 4.04. The lowest BCUT2D eigenvalue weighted by Crippen LogP contribution is -2.44. The SMILES string of the molecule is CNCC1(OCCC2CC2)CCCCC1. The fourth-order valence-electron chi connectivity index (χ4n) is 2.74. The van der Waals surface area contributed by atoms with Crippen LogP contribution in [0, 0.1) is 5.92 Å². The van der Waals surface area contributed by atoms with Gasteiger partial charge >= 0.3 is 0 Å². The molecule has 2 rings (SSSR count). The zero-order chi connectivity index (χ0) is 10.6. The van der Waals surface area contributed by atoms with E-state index in [0.717, 1.165) is 19.1 Å². The molecule has 2 nitrogen and oxygen atoms in total. The lowest BCUT2D eigenvalue weighted by molar-refractivity contribution is -0.0693. The summed E-state index contributed by atoms with van der Waals surface area (Å²) in [5, 5.41) is 3.31. The van der Waals surface area contributed by atoms with E-state index in [1.807, 2.05) is 7.05 Å². The van der Waals surface area contributed by atoms with Crippen LogP contribution in [0.5, 0.6) is 0 Å². The van der Waals surface area contributed by atoms with Crippen LogP contribution in [0.2, 0.25) is 0 Å². The fourth-order valence-corrected chi connectivity index (χ4v) is 2.74. The summed E-state index contributed by atoms with van der Waals surface area (Å²) < 4.78 is 6.20. The molecule has 0 aromatic carbocycles. The van der Waals surface area contributed by atoms with E-state index in [4.69, 9.17) is 4.74 Å². The monoisotopic (exact) mass is 211 g/mol. The van der Waals surface area contributed by atoms with E-state index < -0.39 is 0 Å². The standard InChI is InChI=1S/C13H25NO/c1-14-11-13(8-3-2-4-9-13)15-10-7-12-5-6-12/h12,14H,2-11H2,1H3. The van der Waals surface area contributed by atoms with E-state index >= 15 is 0 Å². The van der Waals surface area contributed by atoms with E-state index in [2.05, 4.69) is 5.32 Å².